The summed E-state index contributed by atoms with van der Waals surface area (Å²) in [4.78, 5) is 26.0. The van der Waals surface area contributed by atoms with Crippen LogP contribution in [0, 0.1) is 5.82 Å². The van der Waals surface area contributed by atoms with Gasteiger partial charge in [-0.1, -0.05) is 11.3 Å². The number of anilines is 1. The minimum atomic E-state index is -0.632. The first kappa shape index (κ1) is 16.9. The summed E-state index contributed by atoms with van der Waals surface area (Å²) in [7, 11) is 0. The van der Waals surface area contributed by atoms with E-state index in [9.17, 15) is 14.0 Å². The van der Waals surface area contributed by atoms with Gasteiger partial charge < -0.3 is 10.2 Å². The summed E-state index contributed by atoms with van der Waals surface area (Å²) in [6, 6.07) is 8.15. The molecule has 1 aromatic carbocycles. The molecule has 3 heterocycles. The van der Waals surface area contributed by atoms with Crippen LogP contribution in [0.15, 0.2) is 47.4 Å². The van der Waals surface area contributed by atoms with Gasteiger partial charge >= 0.3 is 6.03 Å². The van der Waals surface area contributed by atoms with Crippen LogP contribution in [0.3, 0.4) is 0 Å². The van der Waals surface area contributed by atoms with Gasteiger partial charge in [0.15, 0.2) is 5.82 Å². The number of H-pyrrole nitrogens is 1. The number of benzene rings is 1. The van der Waals surface area contributed by atoms with Crippen LogP contribution in [0.2, 0.25) is 0 Å². The molecule has 1 aliphatic heterocycles. The highest BCUT2D eigenvalue weighted by Crippen LogP contribution is 2.30. The minimum Gasteiger partial charge on any atom is -0.314 e. The van der Waals surface area contributed by atoms with Gasteiger partial charge in [0.05, 0.1) is 17.4 Å². The van der Waals surface area contributed by atoms with Crippen molar-refractivity contribution in [1.82, 2.24) is 30.1 Å². The molecule has 2 amide bonds. The Labute approximate surface area is 152 Å². The zero-order chi connectivity index (χ0) is 18.8. The first-order valence-electron chi connectivity index (χ1n) is 8.42. The van der Waals surface area contributed by atoms with E-state index in [1.807, 2.05) is 0 Å². The van der Waals surface area contributed by atoms with Crippen molar-refractivity contribution in [3.63, 3.8) is 0 Å². The molecule has 2 N–H and O–H groups in total. The van der Waals surface area contributed by atoms with E-state index in [4.69, 9.17) is 0 Å². The fourth-order valence-corrected chi connectivity index (χ4v) is 3.17. The number of nitrogens with zero attached hydrogens (tertiary/aromatic N) is 5. The third-order valence-electron chi connectivity index (χ3n) is 4.47. The average Bonchev–Trinajstić information content (AvgIpc) is 3.35. The monoisotopic (exact) mass is 369 g/mol. The Kier molecular flexibility index (Phi) is 4.37. The van der Waals surface area contributed by atoms with Gasteiger partial charge in [0.25, 0.3) is 5.56 Å². The SMILES string of the molecule is O=C(Nc1ccc(-n2ccccc2=O)cc1F)N1CCCC1c1nn[nH]n1. The number of rotatable bonds is 3. The summed E-state index contributed by atoms with van der Waals surface area (Å²) in [5.74, 6) is -0.200. The summed E-state index contributed by atoms with van der Waals surface area (Å²) < 4.78 is 15.8. The van der Waals surface area contributed by atoms with Crippen molar-refractivity contribution >= 4 is 11.7 Å². The summed E-state index contributed by atoms with van der Waals surface area (Å²) in [5.41, 5.74) is 0.141. The Morgan fingerprint density at radius 3 is 2.93 bits per heavy atom. The lowest BCUT2D eigenvalue weighted by Gasteiger charge is -2.22. The number of pyridine rings is 1. The van der Waals surface area contributed by atoms with Gasteiger partial charge in [-0.25, -0.2) is 9.18 Å². The number of carbonyl (C=O) groups excluding carboxylic acids is 1. The molecule has 0 aliphatic carbocycles. The molecule has 1 aliphatic rings. The number of likely N-dealkylation sites (tertiary alicyclic amines) is 1. The Bertz CT molecular complexity index is 1020. The predicted molar refractivity (Wildman–Crippen MR) is 93.9 cm³/mol. The Morgan fingerprint density at radius 1 is 1.30 bits per heavy atom. The van der Waals surface area contributed by atoms with E-state index in [1.54, 1.807) is 29.3 Å². The van der Waals surface area contributed by atoms with Crippen LogP contribution in [-0.2, 0) is 0 Å². The molecule has 4 rings (SSSR count). The number of halogens is 1. The van der Waals surface area contributed by atoms with Crippen LogP contribution in [0.5, 0.6) is 0 Å². The second kappa shape index (κ2) is 6.98. The van der Waals surface area contributed by atoms with Gasteiger partial charge in [0.1, 0.15) is 5.82 Å². The number of hydrogen-bond acceptors (Lipinski definition) is 5. The summed E-state index contributed by atoms with van der Waals surface area (Å²) in [6.07, 6.45) is 3.06. The van der Waals surface area contributed by atoms with Crippen molar-refractivity contribution in [3.8, 4) is 5.69 Å². The van der Waals surface area contributed by atoms with E-state index in [-0.39, 0.29) is 17.3 Å². The van der Waals surface area contributed by atoms with E-state index in [0.29, 0.717) is 24.5 Å². The molecule has 9 nitrogen and oxygen atoms in total. The van der Waals surface area contributed by atoms with E-state index in [2.05, 4.69) is 25.9 Å². The third kappa shape index (κ3) is 3.28. The fourth-order valence-electron chi connectivity index (χ4n) is 3.17. The molecule has 2 aromatic heterocycles. The molecule has 1 saturated heterocycles. The number of aromatic nitrogens is 5. The molecule has 27 heavy (non-hydrogen) atoms. The van der Waals surface area contributed by atoms with Crippen molar-refractivity contribution in [2.75, 3.05) is 11.9 Å². The Morgan fingerprint density at radius 2 is 2.19 bits per heavy atom. The molecular formula is C17H16FN7O2. The second-order valence-electron chi connectivity index (χ2n) is 6.12. The number of nitrogens with one attached hydrogen (secondary N) is 2. The Hall–Kier alpha value is -3.56. The van der Waals surface area contributed by atoms with E-state index < -0.39 is 11.8 Å². The van der Waals surface area contributed by atoms with Crippen molar-refractivity contribution < 1.29 is 9.18 Å². The van der Waals surface area contributed by atoms with Gasteiger partial charge in [-0.3, -0.25) is 9.36 Å². The number of hydrogen-bond donors (Lipinski definition) is 2. The maximum Gasteiger partial charge on any atom is 0.322 e. The lowest BCUT2D eigenvalue weighted by molar-refractivity contribution is 0.205. The molecule has 1 fully saturated rings. The number of aromatic amines is 1. The zero-order valence-electron chi connectivity index (χ0n) is 14.2. The Balaban J connectivity index is 1.53. The van der Waals surface area contributed by atoms with Crippen molar-refractivity contribution in [2.45, 2.75) is 18.9 Å². The normalized spacial score (nSPS) is 16.5. The maximum atomic E-state index is 14.5. The van der Waals surface area contributed by atoms with Crippen molar-refractivity contribution in [2.24, 2.45) is 0 Å². The summed E-state index contributed by atoms with van der Waals surface area (Å²) in [5, 5.41) is 16.3. The molecule has 138 valence electrons. The summed E-state index contributed by atoms with van der Waals surface area (Å²) >= 11 is 0. The van der Waals surface area contributed by atoms with Crippen LogP contribution in [-0.4, -0.2) is 42.7 Å². The number of tetrazole rings is 1. The lowest BCUT2D eigenvalue weighted by atomic mass is 10.2. The van der Waals surface area contributed by atoms with Gasteiger partial charge in [-0.2, -0.15) is 5.21 Å². The molecule has 1 atom stereocenters. The van der Waals surface area contributed by atoms with Crippen molar-refractivity contribution in [3.05, 3.63) is 64.6 Å². The van der Waals surface area contributed by atoms with Gasteiger partial charge in [0, 0.05) is 24.9 Å². The van der Waals surface area contributed by atoms with Gasteiger partial charge in [-0.05, 0) is 31.0 Å². The average molecular weight is 369 g/mol. The minimum absolute atomic E-state index is 0.0338. The van der Waals surface area contributed by atoms with Crippen LogP contribution in [0.25, 0.3) is 5.69 Å². The topological polar surface area (TPSA) is 109 Å². The van der Waals surface area contributed by atoms with Crippen molar-refractivity contribution in [1.29, 1.82) is 0 Å². The molecular weight excluding hydrogens is 353 g/mol. The third-order valence-corrected chi connectivity index (χ3v) is 4.47. The van der Waals surface area contributed by atoms with Crippen LogP contribution < -0.4 is 10.9 Å². The van der Waals surface area contributed by atoms with Gasteiger partial charge in [-0.15, -0.1) is 10.2 Å². The molecule has 3 aromatic rings. The highest BCUT2D eigenvalue weighted by molar-refractivity contribution is 5.90. The smallest absolute Gasteiger partial charge is 0.314 e. The summed E-state index contributed by atoms with van der Waals surface area (Å²) in [6.45, 7) is 0.518. The van der Waals surface area contributed by atoms with E-state index in [0.717, 1.165) is 6.42 Å². The van der Waals surface area contributed by atoms with E-state index in [1.165, 1.54) is 22.8 Å². The highest BCUT2D eigenvalue weighted by Gasteiger charge is 2.33. The molecule has 1 unspecified atom stereocenters. The molecule has 0 bridgehead atoms. The number of carbonyl (C=O) groups is 1. The predicted octanol–water partition coefficient (Wildman–Crippen LogP) is 1.86. The standard InChI is InChI=1S/C17H16FN7O2/c18-12-10-11(24-8-2-1-5-15(24)26)6-7-13(12)19-17(27)25-9-3-4-14(25)16-20-22-23-21-16/h1-2,5-8,10,14H,3-4,9H2,(H,19,27)(H,20,21,22,23). The van der Waals surface area contributed by atoms with Crippen LogP contribution >= 0.6 is 0 Å². The largest absolute Gasteiger partial charge is 0.322 e. The molecule has 0 radical (unpaired) electrons. The first-order valence-corrected chi connectivity index (χ1v) is 8.42. The maximum absolute atomic E-state index is 14.5. The molecule has 10 heteroatoms. The quantitative estimate of drug-likeness (QED) is 0.732. The van der Waals surface area contributed by atoms with Crippen LogP contribution in [0.4, 0.5) is 14.9 Å². The second-order valence-corrected chi connectivity index (χ2v) is 6.12. The lowest BCUT2D eigenvalue weighted by Crippen LogP contribution is -2.35. The first-order chi connectivity index (χ1) is 13.1. The highest BCUT2D eigenvalue weighted by atomic mass is 19.1. The molecule has 0 spiro atoms. The number of urea groups is 1. The van der Waals surface area contributed by atoms with Gasteiger partial charge in [0.2, 0.25) is 0 Å². The van der Waals surface area contributed by atoms with Crippen LogP contribution in [0.1, 0.15) is 24.7 Å². The molecule has 0 saturated carbocycles. The number of amides is 2. The van der Waals surface area contributed by atoms with E-state index >= 15 is 0 Å². The fraction of sp³-hybridized carbons (Fsp3) is 0.235. The zero-order valence-corrected chi connectivity index (χ0v) is 14.2.